The Kier molecular flexibility index (Phi) is 1.92. The molecule has 66 valence electrons. The molecule has 1 aliphatic carbocycles. The number of aliphatic hydroxyl groups is 2. The Morgan fingerprint density at radius 1 is 1.45 bits per heavy atom. The smallest absolute Gasteiger partial charge is 0.251 e. The first-order chi connectivity index (χ1) is 4.83. The molecule has 1 fully saturated rings. The summed E-state index contributed by atoms with van der Waals surface area (Å²) in [5, 5.41) is 18.3. The highest BCUT2D eigenvalue weighted by Gasteiger charge is 2.47. The highest BCUT2D eigenvalue weighted by molar-refractivity contribution is 4.93. The molecule has 0 heterocycles. The van der Waals surface area contributed by atoms with Gasteiger partial charge in [0, 0.05) is 12.8 Å². The van der Waals surface area contributed by atoms with Gasteiger partial charge in [0.15, 0.2) is 0 Å². The first kappa shape index (κ1) is 8.87. The van der Waals surface area contributed by atoms with Crippen LogP contribution in [0.3, 0.4) is 0 Å². The molecule has 11 heavy (non-hydrogen) atoms. The lowest BCUT2D eigenvalue weighted by Crippen LogP contribution is -2.48. The summed E-state index contributed by atoms with van der Waals surface area (Å²) < 4.78 is 25.2. The van der Waals surface area contributed by atoms with Gasteiger partial charge in [-0.2, -0.15) is 0 Å². The summed E-state index contributed by atoms with van der Waals surface area (Å²) >= 11 is 0. The maximum atomic E-state index is 12.6. The first-order valence-electron chi connectivity index (χ1n) is 3.62. The minimum Gasteiger partial charge on any atom is -0.390 e. The van der Waals surface area contributed by atoms with Crippen molar-refractivity contribution in [1.82, 2.24) is 0 Å². The van der Waals surface area contributed by atoms with Crippen LogP contribution in [0, 0.1) is 0 Å². The van der Waals surface area contributed by atoms with E-state index in [0.717, 1.165) is 0 Å². The molecule has 0 aromatic carbocycles. The number of rotatable bonds is 0. The van der Waals surface area contributed by atoms with Crippen LogP contribution < -0.4 is 0 Å². The summed E-state index contributed by atoms with van der Waals surface area (Å²) in [7, 11) is 0. The predicted molar refractivity (Wildman–Crippen MR) is 35.4 cm³/mol. The van der Waals surface area contributed by atoms with Gasteiger partial charge in [-0.25, -0.2) is 8.78 Å². The maximum absolute atomic E-state index is 12.6. The van der Waals surface area contributed by atoms with Crippen LogP contribution in [0.4, 0.5) is 8.78 Å². The topological polar surface area (TPSA) is 40.5 Å². The van der Waals surface area contributed by atoms with Gasteiger partial charge in [-0.05, 0) is 13.3 Å². The maximum Gasteiger partial charge on any atom is 0.251 e. The van der Waals surface area contributed by atoms with Crippen LogP contribution >= 0.6 is 0 Å². The van der Waals surface area contributed by atoms with Crippen molar-refractivity contribution in [2.24, 2.45) is 0 Å². The van der Waals surface area contributed by atoms with E-state index in [1.165, 1.54) is 6.92 Å². The molecule has 2 atom stereocenters. The Hall–Kier alpha value is -0.220. The molecule has 0 aromatic rings. The number of alkyl halides is 2. The summed E-state index contributed by atoms with van der Waals surface area (Å²) in [5.74, 6) is -2.82. The second kappa shape index (κ2) is 2.38. The van der Waals surface area contributed by atoms with Crippen LogP contribution in [0.25, 0.3) is 0 Å². The average Bonchev–Trinajstić information content (AvgIpc) is 1.77. The molecule has 0 saturated heterocycles. The zero-order chi connectivity index (χ0) is 8.70. The van der Waals surface area contributed by atoms with Crippen molar-refractivity contribution in [2.75, 3.05) is 0 Å². The molecule has 0 amide bonds. The normalized spacial score (nSPS) is 43.9. The number of halogens is 2. The van der Waals surface area contributed by atoms with Crippen LogP contribution in [0.5, 0.6) is 0 Å². The predicted octanol–water partition coefficient (Wildman–Crippen LogP) is 0.917. The molecule has 0 radical (unpaired) electrons. The molecular formula is C7H12F2O2. The van der Waals surface area contributed by atoms with E-state index in [1.54, 1.807) is 0 Å². The van der Waals surface area contributed by atoms with Gasteiger partial charge in [-0.3, -0.25) is 0 Å². The van der Waals surface area contributed by atoms with E-state index in [1.807, 2.05) is 0 Å². The van der Waals surface area contributed by atoms with Crippen molar-refractivity contribution in [3.8, 4) is 0 Å². The summed E-state index contributed by atoms with van der Waals surface area (Å²) in [5.41, 5.74) is -1.62. The third-order valence-electron chi connectivity index (χ3n) is 2.12. The molecule has 0 bridgehead atoms. The van der Waals surface area contributed by atoms with Crippen molar-refractivity contribution >= 4 is 0 Å². The fourth-order valence-corrected chi connectivity index (χ4v) is 1.39. The molecular weight excluding hydrogens is 154 g/mol. The Bertz CT molecular complexity index is 157. The van der Waals surface area contributed by atoms with E-state index in [9.17, 15) is 13.9 Å². The van der Waals surface area contributed by atoms with Crippen molar-refractivity contribution < 1.29 is 19.0 Å². The van der Waals surface area contributed by atoms with Gasteiger partial charge >= 0.3 is 0 Å². The lowest BCUT2D eigenvalue weighted by atomic mass is 9.81. The average molecular weight is 166 g/mol. The summed E-state index contributed by atoms with van der Waals surface area (Å²) in [6.07, 6.45) is -2.01. The lowest BCUT2D eigenvalue weighted by Gasteiger charge is -2.37. The van der Waals surface area contributed by atoms with Gasteiger partial charge in [-0.15, -0.1) is 0 Å². The van der Waals surface area contributed by atoms with Crippen LogP contribution in [-0.4, -0.2) is 27.8 Å². The van der Waals surface area contributed by atoms with Crippen LogP contribution in [0.1, 0.15) is 26.2 Å². The molecule has 1 aliphatic rings. The molecule has 0 aromatic heterocycles. The Balaban J connectivity index is 2.67. The molecule has 1 rings (SSSR count). The van der Waals surface area contributed by atoms with E-state index in [2.05, 4.69) is 0 Å². The summed E-state index contributed by atoms with van der Waals surface area (Å²) in [4.78, 5) is 0. The third-order valence-corrected chi connectivity index (χ3v) is 2.12. The number of aliphatic hydroxyl groups excluding tert-OH is 1. The quantitative estimate of drug-likeness (QED) is 0.561. The highest BCUT2D eigenvalue weighted by atomic mass is 19.3. The second-order valence-corrected chi connectivity index (χ2v) is 3.44. The number of hydrogen-bond donors (Lipinski definition) is 2. The van der Waals surface area contributed by atoms with E-state index >= 15 is 0 Å². The van der Waals surface area contributed by atoms with Crippen LogP contribution in [0.2, 0.25) is 0 Å². The Morgan fingerprint density at radius 3 is 2.36 bits per heavy atom. The van der Waals surface area contributed by atoms with Crippen LogP contribution in [-0.2, 0) is 0 Å². The SMILES string of the molecule is CC1(O)CC(F)(F)CC[C@@H]1O. The van der Waals surface area contributed by atoms with E-state index in [4.69, 9.17) is 5.11 Å². The molecule has 1 saturated carbocycles. The van der Waals surface area contributed by atoms with Crippen molar-refractivity contribution in [3.05, 3.63) is 0 Å². The number of hydrogen-bond acceptors (Lipinski definition) is 2. The van der Waals surface area contributed by atoms with Crippen molar-refractivity contribution in [1.29, 1.82) is 0 Å². The van der Waals surface area contributed by atoms with E-state index in [0.29, 0.717) is 0 Å². The molecule has 2 nitrogen and oxygen atoms in total. The molecule has 2 N–H and O–H groups in total. The molecule has 0 spiro atoms. The molecule has 1 unspecified atom stereocenters. The lowest BCUT2D eigenvalue weighted by molar-refractivity contribution is -0.169. The minimum atomic E-state index is -2.82. The molecule has 0 aliphatic heterocycles. The molecule has 4 heteroatoms. The van der Waals surface area contributed by atoms with Gasteiger partial charge in [-0.1, -0.05) is 0 Å². The second-order valence-electron chi connectivity index (χ2n) is 3.44. The monoisotopic (exact) mass is 166 g/mol. The van der Waals surface area contributed by atoms with E-state index in [-0.39, 0.29) is 12.8 Å². The first-order valence-corrected chi connectivity index (χ1v) is 3.62. The summed E-state index contributed by atoms with van der Waals surface area (Å²) in [6, 6.07) is 0. The largest absolute Gasteiger partial charge is 0.390 e. The fourth-order valence-electron chi connectivity index (χ4n) is 1.39. The van der Waals surface area contributed by atoms with Gasteiger partial charge in [0.2, 0.25) is 0 Å². The fraction of sp³-hybridized carbons (Fsp3) is 1.00. The Morgan fingerprint density at radius 2 is 2.00 bits per heavy atom. The standard InChI is InChI=1S/C7H12F2O2/c1-6(11)4-7(8,9)3-2-5(6)10/h5,10-11H,2-4H2,1H3/t5-,6?/m0/s1. The minimum absolute atomic E-state index is 0.0278. The van der Waals surface area contributed by atoms with Crippen molar-refractivity contribution in [3.63, 3.8) is 0 Å². The van der Waals surface area contributed by atoms with Crippen LogP contribution in [0.15, 0.2) is 0 Å². The van der Waals surface area contributed by atoms with Gasteiger partial charge in [0.1, 0.15) is 0 Å². The highest BCUT2D eigenvalue weighted by Crippen LogP contribution is 2.38. The zero-order valence-corrected chi connectivity index (χ0v) is 6.35. The Labute approximate surface area is 63.8 Å². The zero-order valence-electron chi connectivity index (χ0n) is 6.35. The summed E-state index contributed by atoms with van der Waals surface area (Å²) in [6.45, 7) is 1.24. The van der Waals surface area contributed by atoms with Gasteiger partial charge < -0.3 is 10.2 Å². The van der Waals surface area contributed by atoms with Crippen molar-refractivity contribution in [2.45, 2.75) is 43.8 Å². The van der Waals surface area contributed by atoms with Gasteiger partial charge in [0.25, 0.3) is 5.92 Å². The third kappa shape index (κ3) is 1.87. The van der Waals surface area contributed by atoms with E-state index < -0.39 is 24.0 Å². The van der Waals surface area contributed by atoms with Gasteiger partial charge in [0.05, 0.1) is 11.7 Å².